The van der Waals surface area contributed by atoms with Crippen LogP contribution in [0.15, 0.2) is 90.5 Å². The van der Waals surface area contributed by atoms with Crippen LogP contribution in [0, 0.1) is 0 Å². The maximum Gasteiger partial charge on any atom is 0.251 e. The summed E-state index contributed by atoms with van der Waals surface area (Å²) in [5, 5.41) is 2.90. The second-order valence-electron chi connectivity index (χ2n) is 5.99. The van der Waals surface area contributed by atoms with Gasteiger partial charge in [-0.25, -0.2) is 0 Å². The van der Waals surface area contributed by atoms with E-state index in [0.29, 0.717) is 12.2 Å². The Morgan fingerprint density at radius 3 is 2.15 bits per heavy atom. The van der Waals surface area contributed by atoms with Gasteiger partial charge < -0.3 is 10.1 Å². The van der Waals surface area contributed by atoms with Crippen molar-refractivity contribution in [3.8, 4) is 5.75 Å². The second-order valence-corrected chi connectivity index (χ2v) is 5.99. The molecule has 1 amide bonds. The topological polar surface area (TPSA) is 38.3 Å². The van der Waals surface area contributed by atoms with E-state index in [1.165, 1.54) is 0 Å². The molecule has 3 nitrogen and oxygen atoms in total. The van der Waals surface area contributed by atoms with Gasteiger partial charge in [0, 0.05) is 11.3 Å². The number of benzene rings is 3. The van der Waals surface area contributed by atoms with Crippen LogP contribution in [0.4, 0.5) is 5.69 Å². The van der Waals surface area contributed by atoms with Crippen LogP contribution in [0.3, 0.4) is 0 Å². The van der Waals surface area contributed by atoms with Crippen molar-refractivity contribution in [3.05, 3.63) is 102 Å². The average Bonchev–Trinajstić information content (AvgIpc) is 2.69. The van der Waals surface area contributed by atoms with Gasteiger partial charge in [-0.2, -0.15) is 0 Å². The largest absolute Gasteiger partial charge is 0.489 e. The fourth-order valence-electron chi connectivity index (χ4n) is 2.47. The van der Waals surface area contributed by atoms with Crippen LogP contribution < -0.4 is 10.1 Å². The maximum atomic E-state index is 12.3. The highest BCUT2D eigenvalue weighted by atomic mass is 16.5. The van der Waals surface area contributed by atoms with E-state index >= 15 is 0 Å². The zero-order chi connectivity index (χ0) is 18.2. The van der Waals surface area contributed by atoms with Crippen molar-refractivity contribution < 1.29 is 9.53 Å². The summed E-state index contributed by atoms with van der Waals surface area (Å²) in [6.07, 6.45) is 1.87. The van der Waals surface area contributed by atoms with Crippen LogP contribution in [-0.2, 0) is 11.4 Å². The molecule has 0 aliphatic heterocycles. The molecular formula is C23H21NO2. The van der Waals surface area contributed by atoms with Gasteiger partial charge >= 0.3 is 0 Å². The maximum absolute atomic E-state index is 12.3. The van der Waals surface area contributed by atoms with Crippen molar-refractivity contribution in [2.45, 2.75) is 13.5 Å². The number of ether oxygens (including phenoxy) is 1. The molecule has 0 spiro atoms. The predicted molar refractivity (Wildman–Crippen MR) is 106 cm³/mol. The third-order valence-electron chi connectivity index (χ3n) is 3.90. The molecule has 0 aromatic heterocycles. The third-order valence-corrected chi connectivity index (χ3v) is 3.90. The Morgan fingerprint density at radius 1 is 0.885 bits per heavy atom. The number of nitrogens with one attached hydrogen (secondary N) is 1. The van der Waals surface area contributed by atoms with Crippen LogP contribution in [0.25, 0.3) is 6.08 Å². The molecule has 0 unspecified atom stereocenters. The average molecular weight is 343 g/mol. The van der Waals surface area contributed by atoms with Crippen molar-refractivity contribution in [1.82, 2.24) is 0 Å². The van der Waals surface area contributed by atoms with Crippen molar-refractivity contribution in [3.63, 3.8) is 0 Å². The summed E-state index contributed by atoms with van der Waals surface area (Å²) in [6.45, 7) is 2.32. The van der Waals surface area contributed by atoms with Gasteiger partial charge in [-0.05, 0) is 48.4 Å². The molecule has 0 bridgehead atoms. The van der Waals surface area contributed by atoms with E-state index in [2.05, 4.69) is 5.32 Å². The summed E-state index contributed by atoms with van der Waals surface area (Å²) in [4.78, 5) is 12.3. The Bertz CT molecular complexity index is 869. The fraction of sp³-hybridized carbons (Fsp3) is 0.0870. The molecule has 0 saturated heterocycles. The third kappa shape index (κ3) is 5.08. The molecule has 0 aliphatic rings. The monoisotopic (exact) mass is 343 g/mol. The molecule has 3 aromatic rings. The van der Waals surface area contributed by atoms with Crippen LogP contribution in [0.2, 0.25) is 0 Å². The first-order chi connectivity index (χ1) is 12.7. The van der Waals surface area contributed by atoms with Gasteiger partial charge in [-0.3, -0.25) is 4.79 Å². The Morgan fingerprint density at radius 2 is 1.50 bits per heavy atom. The summed E-state index contributed by atoms with van der Waals surface area (Å²) in [7, 11) is 0. The molecular weight excluding hydrogens is 322 g/mol. The van der Waals surface area contributed by atoms with Crippen LogP contribution >= 0.6 is 0 Å². The first kappa shape index (κ1) is 17.5. The molecule has 3 heteroatoms. The Hall–Kier alpha value is -3.33. The number of amides is 1. The quantitative estimate of drug-likeness (QED) is 0.616. The van der Waals surface area contributed by atoms with Crippen LogP contribution in [-0.4, -0.2) is 5.91 Å². The van der Waals surface area contributed by atoms with Crippen molar-refractivity contribution in [1.29, 1.82) is 0 Å². The van der Waals surface area contributed by atoms with Gasteiger partial charge in [0.1, 0.15) is 12.4 Å². The molecule has 130 valence electrons. The zero-order valence-electron chi connectivity index (χ0n) is 14.7. The van der Waals surface area contributed by atoms with Crippen LogP contribution in [0.5, 0.6) is 5.75 Å². The van der Waals surface area contributed by atoms with E-state index < -0.39 is 0 Å². The normalized spacial score (nSPS) is 11.0. The standard InChI is InChI=1S/C23H21NO2/c1-18(16-19-8-4-2-5-9-19)23(25)24-21-12-14-22(15-13-21)26-17-20-10-6-3-7-11-20/h2-16H,17H2,1H3,(H,24,25)/b18-16+. The molecule has 1 N–H and O–H groups in total. The lowest BCUT2D eigenvalue weighted by atomic mass is 10.1. The SMILES string of the molecule is C/C(=C\c1ccccc1)C(=O)Nc1ccc(OCc2ccccc2)cc1. The summed E-state index contributed by atoms with van der Waals surface area (Å²) in [5.74, 6) is 0.648. The molecule has 0 saturated carbocycles. The van der Waals surface area contributed by atoms with E-state index in [1.54, 1.807) is 6.92 Å². The van der Waals surface area contributed by atoms with Crippen molar-refractivity contribution >= 4 is 17.7 Å². The molecule has 3 rings (SSSR count). The van der Waals surface area contributed by atoms with E-state index in [0.717, 1.165) is 22.6 Å². The number of carbonyl (C=O) groups is 1. The number of hydrogen-bond acceptors (Lipinski definition) is 2. The van der Waals surface area contributed by atoms with E-state index in [4.69, 9.17) is 4.74 Å². The molecule has 26 heavy (non-hydrogen) atoms. The summed E-state index contributed by atoms with van der Waals surface area (Å²) >= 11 is 0. The molecule has 0 radical (unpaired) electrons. The lowest BCUT2D eigenvalue weighted by Crippen LogP contribution is -2.12. The highest BCUT2D eigenvalue weighted by Gasteiger charge is 2.05. The van der Waals surface area contributed by atoms with Crippen molar-refractivity contribution in [2.75, 3.05) is 5.32 Å². The fourth-order valence-corrected chi connectivity index (χ4v) is 2.47. The van der Waals surface area contributed by atoms with Gasteiger partial charge in [-0.15, -0.1) is 0 Å². The first-order valence-electron chi connectivity index (χ1n) is 8.52. The summed E-state index contributed by atoms with van der Waals surface area (Å²) < 4.78 is 5.75. The summed E-state index contributed by atoms with van der Waals surface area (Å²) in [6, 6.07) is 27.2. The molecule has 0 fully saturated rings. The number of carbonyl (C=O) groups excluding carboxylic acids is 1. The van der Waals surface area contributed by atoms with Gasteiger partial charge in [0.15, 0.2) is 0 Å². The minimum Gasteiger partial charge on any atom is -0.489 e. The minimum absolute atomic E-state index is 0.119. The van der Waals surface area contributed by atoms with Gasteiger partial charge in [0.25, 0.3) is 5.91 Å². The highest BCUT2D eigenvalue weighted by molar-refractivity contribution is 6.06. The number of anilines is 1. The van der Waals surface area contributed by atoms with Gasteiger partial charge in [0.2, 0.25) is 0 Å². The van der Waals surface area contributed by atoms with Crippen molar-refractivity contribution in [2.24, 2.45) is 0 Å². The lowest BCUT2D eigenvalue weighted by Gasteiger charge is -2.09. The Kier molecular flexibility index (Phi) is 5.84. The van der Waals surface area contributed by atoms with E-state index in [-0.39, 0.29) is 5.91 Å². The second kappa shape index (κ2) is 8.67. The molecule has 0 heterocycles. The number of rotatable bonds is 6. The first-order valence-corrected chi connectivity index (χ1v) is 8.52. The molecule has 0 atom stereocenters. The zero-order valence-corrected chi connectivity index (χ0v) is 14.7. The van der Waals surface area contributed by atoms with Gasteiger partial charge in [-0.1, -0.05) is 60.7 Å². The smallest absolute Gasteiger partial charge is 0.251 e. The predicted octanol–water partition coefficient (Wildman–Crippen LogP) is 5.31. The minimum atomic E-state index is -0.119. The highest BCUT2D eigenvalue weighted by Crippen LogP contribution is 2.18. The van der Waals surface area contributed by atoms with Gasteiger partial charge in [0.05, 0.1) is 0 Å². The Balaban J connectivity index is 1.56. The van der Waals surface area contributed by atoms with Crippen LogP contribution in [0.1, 0.15) is 18.1 Å². The lowest BCUT2D eigenvalue weighted by molar-refractivity contribution is -0.112. The van der Waals surface area contributed by atoms with E-state index in [9.17, 15) is 4.79 Å². The summed E-state index contributed by atoms with van der Waals surface area (Å²) in [5.41, 5.74) is 3.51. The Labute approximate surface area is 154 Å². The molecule has 0 aliphatic carbocycles. The molecule has 3 aromatic carbocycles. The van der Waals surface area contributed by atoms with E-state index in [1.807, 2.05) is 91.0 Å². The number of hydrogen-bond donors (Lipinski definition) is 1.